The fourth-order valence-electron chi connectivity index (χ4n) is 3.28. The molecule has 3 heterocycles. The van der Waals surface area contributed by atoms with Crippen LogP contribution in [0.3, 0.4) is 0 Å². The van der Waals surface area contributed by atoms with Crippen LogP contribution in [0.4, 0.5) is 5.95 Å². The molecule has 2 aliphatic rings. The first-order valence-electron chi connectivity index (χ1n) is 8.62. The molecule has 0 saturated carbocycles. The second-order valence-electron chi connectivity index (χ2n) is 6.73. The Kier molecular flexibility index (Phi) is 5.10. The van der Waals surface area contributed by atoms with E-state index in [-0.39, 0.29) is 12.0 Å². The summed E-state index contributed by atoms with van der Waals surface area (Å²) in [5.41, 5.74) is 1.28. The van der Waals surface area contributed by atoms with Gasteiger partial charge in [0.25, 0.3) is 5.91 Å². The van der Waals surface area contributed by atoms with Crippen LogP contribution in [0, 0.1) is 12.8 Å². The van der Waals surface area contributed by atoms with E-state index in [1.54, 1.807) is 6.07 Å². The molecular formula is C17H26N4O2. The summed E-state index contributed by atoms with van der Waals surface area (Å²) >= 11 is 0. The van der Waals surface area contributed by atoms with Gasteiger partial charge in [-0.15, -0.1) is 0 Å². The Hall–Kier alpha value is -1.69. The predicted molar refractivity (Wildman–Crippen MR) is 88.7 cm³/mol. The molecule has 2 fully saturated rings. The number of nitrogens with one attached hydrogen (secondary N) is 1. The number of ether oxygens (including phenoxy) is 1. The highest BCUT2D eigenvalue weighted by Crippen LogP contribution is 2.20. The maximum absolute atomic E-state index is 12.4. The monoisotopic (exact) mass is 318 g/mol. The zero-order valence-electron chi connectivity index (χ0n) is 14.0. The van der Waals surface area contributed by atoms with Gasteiger partial charge in [0.15, 0.2) is 0 Å². The normalized spacial score (nSPS) is 24.7. The summed E-state index contributed by atoms with van der Waals surface area (Å²) in [6, 6.07) is 1.75. The van der Waals surface area contributed by atoms with Crippen molar-refractivity contribution in [1.29, 1.82) is 0 Å². The van der Waals surface area contributed by atoms with E-state index in [9.17, 15) is 4.79 Å². The van der Waals surface area contributed by atoms with Gasteiger partial charge < -0.3 is 15.0 Å². The molecule has 2 unspecified atom stereocenters. The summed E-state index contributed by atoms with van der Waals surface area (Å²) < 4.78 is 5.54. The van der Waals surface area contributed by atoms with E-state index in [1.165, 1.54) is 6.42 Å². The molecule has 1 aromatic rings. The molecule has 0 spiro atoms. The van der Waals surface area contributed by atoms with Crippen LogP contribution in [0.1, 0.15) is 48.8 Å². The fraction of sp³-hybridized carbons (Fsp3) is 0.706. The molecule has 6 nitrogen and oxygen atoms in total. The van der Waals surface area contributed by atoms with Crippen LogP contribution in [0.5, 0.6) is 0 Å². The third kappa shape index (κ3) is 4.19. The number of nitrogens with zero attached hydrogens (tertiary/aromatic N) is 3. The lowest BCUT2D eigenvalue weighted by Gasteiger charge is -2.31. The minimum atomic E-state index is -0.141. The molecule has 2 atom stereocenters. The van der Waals surface area contributed by atoms with Gasteiger partial charge in [0, 0.05) is 31.9 Å². The highest BCUT2D eigenvalue weighted by Gasteiger charge is 2.21. The Morgan fingerprint density at radius 1 is 1.39 bits per heavy atom. The molecule has 0 radical (unpaired) electrons. The van der Waals surface area contributed by atoms with Crippen LogP contribution in [0.25, 0.3) is 0 Å². The zero-order valence-corrected chi connectivity index (χ0v) is 14.0. The maximum atomic E-state index is 12.4. The van der Waals surface area contributed by atoms with Gasteiger partial charge in [-0.1, -0.05) is 6.92 Å². The van der Waals surface area contributed by atoms with Crippen molar-refractivity contribution in [2.24, 2.45) is 5.92 Å². The summed E-state index contributed by atoms with van der Waals surface area (Å²) in [6.07, 6.45) is 4.63. The topological polar surface area (TPSA) is 67.3 Å². The van der Waals surface area contributed by atoms with Gasteiger partial charge in [0.05, 0.1) is 6.10 Å². The van der Waals surface area contributed by atoms with Gasteiger partial charge >= 0.3 is 0 Å². The number of hydrogen-bond donors (Lipinski definition) is 1. The predicted octanol–water partition coefficient (Wildman–Crippen LogP) is 1.93. The average molecular weight is 318 g/mol. The van der Waals surface area contributed by atoms with Crippen molar-refractivity contribution >= 4 is 11.9 Å². The number of amides is 1. The maximum Gasteiger partial charge on any atom is 0.270 e. The van der Waals surface area contributed by atoms with Crippen molar-refractivity contribution in [2.45, 2.75) is 45.6 Å². The molecule has 2 aliphatic heterocycles. The summed E-state index contributed by atoms with van der Waals surface area (Å²) in [5.74, 6) is 1.18. The van der Waals surface area contributed by atoms with Crippen LogP contribution >= 0.6 is 0 Å². The van der Waals surface area contributed by atoms with Crippen molar-refractivity contribution in [3.8, 4) is 0 Å². The van der Waals surface area contributed by atoms with E-state index in [1.807, 2.05) is 6.92 Å². The molecule has 0 bridgehead atoms. The van der Waals surface area contributed by atoms with E-state index in [4.69, 9.17) is 4.74 Å². The molecule has 6 heteroatoms. The Morgan fingerprint density at radius 2 is 2.26 bits per heavy atom. The summed E-state index contributed by atoms with van der Waals surface area (Å²) in [6.45, 7) is 7.43. The molecule has 23 heavy (non-hydrogen) atoms. The Labute approximate surface area is 137 Å². The number of piperidine rings is 1. The molecule has 0 aromatic carbocycles. The van der Waals surface area contributed by atoms with Gasteiger partial charge in [-0.2, -0.15) is 0 Å². The van der Waals surface area contributed by atoms with Crippen molar-refractivity contribution in [1.82, 2.24) is 15.3 Å². The summed E-state index contributed by atoms with van der Waals surface area (Å²) in [4.78, 5) is 23.6. The summed E-state index contributed by atoms with van der Waals surface area (Å²) in [5, 5.41) is 2.93. The van der Waals surface area contributed by atoms with Gasteiger partial charge in [0.1, 0.15) is 5.69 Å². The number of aryl methyl sites for hydroxylation is 1. The lowest BCUT2D eigenvalue weighted by atomic mass is 10.0. The Balaban J connectivity index is 1.67. The SMILES string of the molecule is Cc1cc(C(=O)NCC2CCCO2)nc(N2CCCC(C)C2)n1. The average Bonchev–Trinajstić information content (AvgIpc) is 3.05. The molecule has 0 aliphatic carbocycles. The van der Waals surface area contributed by atoms with Crippen molar-refractivity contribution in [3.63, 3.8) is 0 Å². The highest BCUT2D eigenvalue weighted by molar-refractivity contribution is 5.92. The number of hydrogen-bond acceptors (Lipinski definition) is 5. The zero-order chi connectivity index (χ0) is 16.2. The first-order valence-corrected chi connectivity index (χ1v) is 8.62. The van der Waals surface area contributed by atoms with E-state index < -0.39 is 0 Å². The quantitative estimate of drug-likeness (QED) is 0.919. The standard InChI is InChI=1S/C17H26N4O2/c1-12-5-3-7-21(11-12)17-19-13(2)9-15(20-17)16(22)18-10-14-6-4-8-23-14/h9,12,14H,3-8,10-11H2,1-2H3,(H,18,22). The fourth-order valence-corrected chi connectivity index (χ4v) is 3.28. The largest absolute Gasteiger partial charge is 0.376 e. The third-order valence-corrected chi connectivity index (χ3v) is 4.53. The first-order chi connectivity index (χ1) is 11.1. The first kappa shape index (κ1) is 16.2. The molecule has 1 aromatic heterocycles. The van der Waals surface area contributed by atoms with Crippen molar-refractivity contribution in [3.05, 3.63) is 17.5 Å². The number of carbonyl (C=O) groups excluding carboxylic acids is 1. The van der Waals surface area contributed by atoms with E-state index >= 15 is 0 Å². The summed E-state index contributed by atoms with van der Waals surface area (Å²) in [7, 11) is 0. The molecule has 3 rings (SSSR count). The molecule has 126 valence electrons. The van der Waals surface area contributed by atoms with Crippen LogP contribution in [0.15, 0.2) is 6.07 Å². The molecular weight excluding hydrogens is 292 g/mol. The second kappa shape index (κ2) is 7.25. The highest BCUT2D eigenvalue weighted by atomic mass is 16.5. The van der Waals surface area contributed by atoms with Crippen LogP contribution in [0.2, 0.25) is 0 Å². The third-order valence-electron chi connectivity index (χ3n) is 4.53. The van der Waals surface area contributed by atoms with Crippen LogP contribution in [-0.2, 0) is 4.74 Å². The number of aromatic nitrogens is 2. The second-order valence-corrected chi connectivity index (χ2v) is 6.73. The van der Waals surface area contributed by atoms with E-state index in [0.717, 1.165) is 44.7 Å². The number of carbonyl (C=O) groups is 1. The van der Waals surface area contributed by atoms with E-state index in [0.29, 0.717) is 24.1 Å². The van der Waals surface area contributed by atoms with Crippen LogP contribution in [-0.4, -0.2) is 48.2 Å². The van der Waals surface area contributed by atoms with E-state index in [2.05, 4.69) is 27.1 Å². The minimum Gasteiger partial charge on any atom is -0.376 e. The number of rotatable bonds is 4. The van der Waals surface area contributed by atoms with Crippen molar-refractivity contribution < 1.29 is 9.53 Å². The molecule has 1 amide bonds. The van der Waals surface area contributed by atoms with Gasteiger partial charge in [-0.05, 0) is 44.6 Å². The van der Waals surface area contributed by atoms with Gasteiger partial charge in [0.2, 0.25) is 5.95 Å². The number of anilines is 1. The smallest absolute Gasteiger partial charge is 0.270 e. The lowest BCUT2D eigenvalue weighted by Crippen LogP contribution is -2.36. The van der Waals surface area contributed by atoms with Crippen LogP contribution < -0.4 is 10.2 Å². The Bertz CT molecular complexity index is 558. The minimum absolute atomic E-state index is 0.141. The Morgan fingerprint density at radius 3 is 3.00 bits per heavy atom. The molecule has 1 N–H and O–H groups in total. The van der Waals surface area contributed by atoms with Gasteiger partial charge in [-0.25, -0.2) is 9.97 Å². The lowest BCUT2D eigenvalue weighted by molar-refractivity contribution is 0.0853. The molecule has 2 saturated heterocycles. The van der Waals surface area contributed by atoms with Gasteiger partial charge in [-0.3, -0.25) is 4.79 Å². The van der Waals surface area contributed by atoms with Crippen molar-refractivity contribution in [2.75, 3.05) is 31.1 Å².